The van der Waals surface area contributed by atoms with Gasteiger partial charge in [0.05, 0.1) is 12.9 Å². The molecule has 3 N–H and O–H groups in total. The molecule has 0 saturated heterocycles. The Kier molecular flexibility index (Phi) is 8.62. The van der Waals surface area contributed by atoms with E-state index in [9.17, 15) is 4.79 Å². The lowest BCUT2D eigenvalue weighted by Crippen LogP contribution is -2.38. The third-order valence-electron chi connectivity index (χ3n) is 2.19. The van der Waals surface area contributed by atoms with E-state index in [2.05, 4.69) is 5.32 Å². The van der Waals surface area contributed by atoms with Gasteiger partial charge in [-0.05, 0) is 31.2 Å². The maximum atomic E-state index is 11.5. The quantitative estimate of drug-likeness (QED) is 0.782. The predicted octanol–water partition coefficient (Wildman–Crippen LogP) is 1.67. The lowest BCUT2D eigenvalue weighted by molar-refractivity contribution is -0.119. The van der Waals surface area contributed by atoms with Crippen molar-refractivity contribution in [1.82, 2.24) is 5.32 Å². The molecule has 102 valence electrons. The highest BCUT2D eigenvalue weighted by atomic mass is 35.5. The molecule has 0 unspecified atom stereocenters. The fourth-order valence-corrected chi connectivity index (χ4v) is 1.91. The number of halogens is 1. The molecule has 0 aromatic heterocycles. The predicted molar refractivity (Wildman–Crippen MR) is 77.6 cm³/mol. The Hall–Kier alpha value is -0.910. The first kappa shape index (κ1) is 17.1. The van der Waals surface area contributed by atoms with Crippen molar-refractivity contribution in [1.29, 1.82) is 0 Å². The maximum absolute atomic E-state index is 11.5. The number of nitrogens with one attached hydrogen (secondary N) is 1. The number of methoxy groups -OCH3 is 1. The van der Waals surface area contributed by atoms with Gasteiger partial charge in [-0.15, -0.1) is 24.2 Å². The van der Waals surface area contributed by atoms with Crippen molar-refractivity contribution >= 4 is 30.1 Å². The molecular formula is C12H19ClN2O2S. The van der Waals surface area contributed by atoms with E-state index in [1.54, 1.807) is 7.11 Å². The van der Waals surface area contributed by atoms with Gasteiger partial charge < -0.3 is 15.8 Å². The summed E-state index contributed by atoms with van der Waals surface area (Å²) in [5.74, 6) is 1.22. The first-order valence-corrected chi connectivity index (χ1v) is 6.40. The molecule has 0 fully saturated rings. The van der Waals surface area contributed by atoms with Crippen LogP contribution in [0.2, 0.25) is 0 Å². The molecule has 0 aliphatic rings. The minimum absolute atomic E-state index is 0. The van der Waals surface area contributed by atoms with Gasteiger partial charge in [-0.25, -0.2) is 0 Å². The molecule has 6 heteroatoms. The summed E-state index contributed by atoms with van der Waals surface area (Å²) < 4.78 is 5.06. The van der Waals surface area contributed by atoms with E-state index >= 15 is 0 Å². The highest BCUT2D eigenvalue weighted by Crippen LogP contribution is 2.20. The molecule has 0 heterocycles. The second-order valence-corrected chi connectivity index (χ2v) is 4.72. The summed E-state index contributed by atoms with van der Waals surface area (Å²) in [6, 6.07) is 7.65. The fourth-order valence-electron chi connectivity index (χ4n) is 1.20. The first-order chi connectivity index (χ1) is 8.15. The average molecular weight is 291 g/mol. The number of hydrogen-bond acceptors (Lipinski definition) is 4. The molecular weight excluding hydrogens is 272 g/mol. The highest BCUT2D eigenvalue weighted by molar-refractivity contribution is 8.00. The molecule has 0 radical (unpaired) electrons. The molecule has 1 rings (SSSR count). The van der Waals surface area contributed by atoms with Crippen molar-refractivity contribution in [2.45, 2.75) is 17.9 Å². The van der Waals surface area contributed by atoms with Gasteiger partial charge in [-0.1, -0.05) is 0 Å². The van der Waals surface area contributed by atoms with Crippen LogP contribution in [0.1, 0.15) is 6.92 Å². The van der Waals surface area contributed by atoms with Crippen molar-refractivity contribution < 1.29 is 9.53 Å². The monoisotopic (exact) mass is 290 g/mol. The van der Waals surface area contributed by atoms with Gasteiger partial charge in [0.2, 0.25) is 5.91 Å². The number of carbonyl (C=O) groups excluding carboxylic acids is 1. The van der Waals surface area contributed by atoms with E-state index in [0.717, 1.165) is 10.6 Å². The van der Waals surface area contributed by atoms with Gasteiger partial charge in [0, 0.05) is 17.5 Å². The van der Waals surface area contributed by atoms with Crippen LogP contribution in [0.15, 0.2) is 29.2 Å². The van der Waals surface area contributed by atoms with Crippen LogP contribution in [0.3, 0.4) is 0 Å². The SMILES string of the molecule is COc1ccc(SCC(=O)N[C@@H](C)CN)cc1.Cl. The summed E-state index contributed by atoms with van der Waals surface area (Å²) in [7, 11) is 1.63. The van der Waals surface area contributed by atoms with Gasteiger partial charge in [0.1, 0.15) is 5.75 Å². The van der Waals surface area contributed by atoms with Crippen LogP contribution in [-0.2, 0) is 4.79 Å². The Morgan fingerprint density at radius 3 is 2.56 bits per heavy atom. The molecule has 0 aliphatic carbocycles. The zero-order chi connectivity index (χ0) is 12.7. The fraction of sp³-hybridized carbons (Fsp3) is 0.417. The number of carbonyl (C=O) groups is 1. The Labute approximate surface area is 118 Å². The van der Waals surface area contributed by atoms with E-state index in [4.69, 9.17) is 10.5 Å². The van der Waals surface area contributed by atoms with Crippen molar-refractivity contribution in [2.24, 2.45) is 5.73 Å². The lowest BCUT2D eigenvalue weighted by Gasteiger charge is -2.10. The molecule has 0 bridgehead atoms. The maximum Gasteiger partial charge on any atom is 0.230 e. The molecule has 0 aliphatic heterocycles. The third kappa shape index (κ3) is 6.14. The minimum atomic E-state index is 0. The Morgan fingerprint density at radius 2 is 2.06 bits per heavy atom. The molecule has 4 nitrogen and oxygen atoms in total. The number of rotatable bonds is 6. The molecule has 1 amide bonds. The zero-order valence-corrected chi connectivity index (χ0v) is 12.1. The molecule has 1 aromatic carbocycles. The van der Waals surface area contributed by atoms with Crippen molar-refractivity contribution in [3.05, 3.63) is 24.3 Å². The lowest BCUT2D eigenvalue weighted by atomic mass is 10.3. The summed E-state index contributed by atoms with van der Waals surface area (Å²) in [6.07, 6.45) is 0. The van der Waals surface area contributed by atoms with Crippen LogP contribution < -0.4 is 15.8 Å². The molecule has 18 heavy (non-hydrogen) atoms. The van der Waals surface area contributed by atoms with E-state index in [0.29, 0.717) is 12.3 Å². The minimum Gasteiger partial charge on any atom is -0.497 e. The summed E-state index contributed by atoms with van der Waals surface area (Å²) in [5, 5.41) is 2.81. The topological polar surface area (TPSA) is 64.3 Å². The Morgan fingerprint density at radius 1 is 1.44 bits per heavy atom. The normalized spacial score (nSPS) is 11.3. The van der Waals surface area contributed by atoms with E-state index in [1.807, 2.05) is 31.2 Å². The van der Waals surface area contributed by atoms with Gasteiger partial charge in [-0.3, -0.25) is 4.79 Å². The van der Waals surface area contributed by atoms with Crippen LogP contribution in [-0.4, -0.2) is 31.4 Å². The number of nitrogens with two attached hydrogens (primary N) is 1. The number of thioether (sulfide) groups is 1. The van der Waals surface area contributed by atoms with Crippen LogP contribution >= 0.6 is 24.2 Å². The molecule has 1 atom stereocenters. The number of hydrogen-bond donors (Lipinski definition) is 2. The second-order valence-electron chi connectivity index (χ2n) is 3.67. The van der Waals surface area contributed by atoms with Crippen molar-refractivity contribution in [3.63, 3.8) is 0 Å². The third-order valence-corrected chi connectivity index (χ3v) is 3.20. The van der Waals surface area contributed by atoms with Crippen LogP contribution in [0.4, 0.5) is 0 Å². The number of amides is 1. The smallest absolute Gasteiger partial charge is 0.230 e. The standard InChI is InChI=1S/C12H18N2O2S.ClH/c1-9(7-13)14-12(15)8-17-11-5-3-10(16-2)4-6-11;/h3-6,9H,7-8,13H2,1-2H3,(H,14,15);1H/t9-;/m0./s1. The van der Waals surface area contributed by atoms with Gasteiger partial charge in [0.15, 0.2) is 0 Å². The van der Waals surface area contributed by atoms with E-state index in [1.165, 1.54) is 11.8 Å². The highest BCUT2D eigenvalue weighted by Gasteiger charge is 2.06. The van der Waals surface area contributed by atoms with Crippen LogP contribution in [0.5, 0.6) is 5.75 Å². The van der Waals surface area contributed by atoms with Crippen LogP contribution in [0, 0.1) is 0 Å². The Bertz CT molecular complexity index is 360. The summed E-state index contributed by atoms with van der Waals surface area (Å²) in [6.45, 7) is 2.34. The summed E-state index contributed by atoms with van der Waals surface area (Å²) in [4.78, 5) is 12.5. The Balaban J connectivity index is 0.00000289. The van der Waals surface area contributed by atoms with Crippen LogP contribution in [0.25, 0.3) is 0 Å². The second kappa shape index (κ2) is 9.08. The molecule has 0 spiro atoms. The summed E-state index contributed by atoms with van der Waals surface area (Å²) in [5.41, 5.74) is 5.42. The van der Waals surface area contributed by atoms with Gasteiger partial charge in [-0.2, -0.15) is 0 Å². The van der Waals surface area contributed by atoms with E-state index < -0.39 is 0 Å². The van der Waals surface area contributed by atoms with E-state index in [-0.39, 0.29) is 24.4 Å². The number of ether oxygens (including phenoxy) is 1. The van der Waals surface area contributed by atoms with Crippen molar-refractivity contribution in [2.75, 3.05) is 19.4 Å². The van der Waals surface area contributed by atoms with Crippen molar-refractivity contribution in [3.8, 4) is 5.75 Å². The molecule has 0 saturated carbocycles. The summed E-state index contributed by atoms with van der Waals surface area (Å²) >= 11 is 1.49. The first-order valence-electron chi connectivity index (χ1n) is 5.42. The number of benzene rings is 1. The largest absolute Gasteiger partial charge is 0.497 e. The van der Waals surface area contributed by atoms with Gasteiger partial charge >= 0.3 is 0 Å². The van der Waals surface area contributed by atoms with Gasteiger partial charge in [0.25, 0.3) is 0 Å². The zero-order valence-electron chi connectivity index (χ0n) is 10.5. The average Bonchev–Trinajstić information content (AvgIpc) is 2.36. The molecule has 1 aromatic rings.